The topological polar surface area (TPSA) is 54.9 Å². The molecule has 1 atom stereocenters. The molecule has 2 aromatic rings. The molecule has 1 aromatic carbocycles. The lowest BCUT2D eigenvalue weighted by molar-refractivity contribution is -0.115. The first kappa shape index (κ1) is 17.0. The Balaban J connectivity index is 1.94. The summed E-state index contributed by atoms with van der Waals surface area (Å²) in [5, 5.41) is 12.6. The summed E-state index contributed by atoms with van der Waals surface area (Å²) in [6.45, 7) is 6.19. The summed E-state index contributed by atoms with van der Waals surface area (Å²) < 4.78 is 0. The number of hydrogen-bond donors (Lipinski definition) is 1. The number of thioether (sulfide) groups is 1. The maximum atomic E-state index is 12.2. The number of rotatable bonds is 7. The van der Waals surface area contributed by atoms with Gasteiger partial charge in [-0.1, -0.05) is 43.4 Å². The minimum Gasteiger partial charge on any atom is -0.300 e. The molecule has 1 N–H and O–H groups in total. The van der Waals surface area contributed by atoms with Crippen LogP contribution in [0.3, 0.4) is 0 Å². The van der Waals surface area contributed by atoms with Gasteiger partial charge in [0.25, 0.3) is 0 Å². The molecule has 1 unspecified atom stereocenters. The fourth-order valence-electron chi connectivity index (χ4n) is 2.05. The molecule has 1 heterocycles. The second-order valence-electron chi connectivity index (χ2n) is 5.02. The van der Waals surface area contributed by atoms with Gasteiger partial charge in [0.05, 0.1) is 5.25 Å². The molecule has 0 saturated heterocycles. The Morgan fingerprint density at radius 2 is 1.91 bits per heavy atom. The lowest BCUT2D eigenvalue weighted by Crippen LogP contribution is -2.22. The van der Waals surface area contributed by atoms with Crippen molar-refractivity contribution in [2.75, 3.05) is 5.32 Å². The van der Waals surface area contributed by atoms with Gasteiger partial charge in [-0.15, -0.1) is 22.0 Å². The van der Waals surface area contributed by atoms with Crippen LogP contribution in [0.4, 0.5) is 5.13 Å². The van der Waals surface area contributed by atoms with Gasteiger partial charge < -0.3 is 0 Å². The number of carbonyl (C=O) groups excluding carboxylic acids is 1. The van der Waals surface area contributed by atoms with Crippen LogP contribution in [0, 0.1) is 0 Å². The van der Waals surface area contributed by atoms with Gasteiger partial charge in [-0.25, -0.2) is 0 Å². The maximum absolute atomic E-state index is 12.2. The van der Waals surface area contributed by atoms with E-state index in [0.717, 1.165) is 22.7 Å². The van der Waals surface area contributed by atoms with Crippen LogP contribution in [0.25, 0.3) is 0 Å². The van der Waals surface area contributed by atoms with Crippen molar-refractivity contribution >= 4 is 34.1 Å². The van der Waals surface area contributed by atoms with Crippen LogP contribution in [0.5, 0.6) is 0 Å². The van der Waals surface area contributed by atoms with E-state index in [-0.39, 0.29) is 11.2 Å². The summed E-state index contributed by atoms with van der Waals surface area (Å²) in [7, 11) is 0. The lowest BCUT2D eigenvalue weighted by Gasteiger charge is -2.10. The first-order chi connectivity index (χ1) is 10.6. The van der Waals surface area contributed by atoms with Gasteiger partial charge in [0.15, 0.2) is 0 Å². The molecule has 1 amide bonds. The molecule has 0 saturated carbocycles. The van der Waals surface area contributed by atoms with Gasteiger partial charge in [0, 0.05) is 10.8 Å². The van der Waals surface area contributed by atoms with E-state index >= 15 is 0 Å². The molecule has 4 nitrogen and oxygen atoms in total. The summed E-state index contributed by atoms with van der Waals surface area (Å²) in [4.78, 5) is 13.3. The predicted molar refractivity (Wildman–Crippen MR) is 93.6 cm³/mol. The second kappa shape index (κ2) is 8.29. The van der Waals surface area contributed by atoms with E-state index in [1.165, 1.54) is 23.1 Å². The zero-order valence-electron chi connectivity index (χ0n) is 13.1. The Labute approximate surface area is 139 Å². The standard InChI is InChI=1S/C16H21N3OS2/c1-4-12(5-2)15-18-19-16(22-15)17-14(20)11(3)21-13-9-7-6-8-10-13/h6-12H,4-5H2,1-3H3,(H,17,19,20). The van der Waals surface area contributed by atoms with E-state index in [9.17, 15) is 4.79 Å². The van der Waals surface area contributed by atoms with Gasteiger partial charge in [0.2, 0.25) is 11.0 Å². The van der Waals surface area contributed by atoms with E-state index in [1.54, 1.807) is 0 Å². The second-order valence-corrected chi connectivity index (χ2v) is 7.44. The molecular formula is C16H21N3OS2. The molecule has 118 valence electrons. The maximum Gasteiger partial charge on any atom is 0.239 e. The van der Waals surface area contributed by atoms with Crippen molar-refractivity contribution in [1.29, 1.82) is 0 Å². The van der Waals surface area contributed by atoms with Crippen LogP contribution in [0.1, 0.15) is 44.5 Å². The summed E-state index contributed by atoms with van der Waals surface area (Å²) in [6, 6.07) is 9.92. The predicted octanol–water partition coefficient (Wildman–Crippen LogP) is 4.56. The van der Waals surface area contributed by atoms with E-state index < -0.39 is 0 Å². The molecule has 2 rings (SSSR count). The Morgan fingerprint density at radius 3 is 2.55 bits per heavy atom. The van der Waals surface area contributed by atoms with E-state index in [4.69, 9.17) is 0 Å². The number of hydrogen-bond acceptors (Lipinski definition) is 5. The van der Waals surface area contributed by atoms with Crippen LogP contribution in [-0.2, 0) is 4.79 Å². The van der Waals surface area contributed by atoms with Gasteiger partial charge in [-0.05, 0) is 31.9 Å². The highest BCUT2D eigenvalue weighted by molar-refractivity contribution is 8.00. The average molecular weight is 335 g/mol. The summed E-state index contributed by atoms with van der Waals surface area (Å²) in [5.74, 6) is 0.389. The quantitative estimate of drug-likeness (QED) is 0.754. The van der Waals surface area contributed by atoms with Crippen molar-refractivity contribution in [1.82, 2.24) is 10.2 Å². The first-order valence-corrected chi connectivity index (χ1v) is 9.19. The highest BCUT2D eigenvalue weighted by Crippen LogP contribution is 2.29. The smallest absolute Gasteiger partial charge is 0.239 e. The molecule has 0 aliphatic rings. The van der Waals surface area contributed by atoms with Gasteiger partial charge >= 0.3 is 0 Å². The first-order valence-electron chi connectivity index (χ1n) is 7.50. The van der Waals surface area contributed by atoms with Crippen LogP contribution in [-0.4, -0.2) is 21.4 Å². The van der Waals surface area contributed by atoms with Crippen molar-refractivity contribution in [2.45, 2.75) is 49.7 Å². The van der Waals surface area contributed by atoms with Crippen LogP contribution < -0.4 is 5.32 Å². The summed E-state index contributed by atoms with van der Waals surface area (Å²) in [6.07, 6.45) is 2.08. The number of aromatic nitrogens is 2. The summed E-state index contributed by atoms with van der Waals surface area (Å²) in [5.41, 5.74) is 0. The fraction of sp³-hybridized carbons (Fsp3) is 0.438. The van der Waals surface area contributed by atoms with Crippen molar-refractivity contribution in [3.05, 3.63) is 35.3 Å². The highest BCUT2D eigenvalue weighted by Gasteiger charge is 2.18. The van der Waals surface area contributed by atoms with Crippen LogP contribution in [0.2, 0.25) is 0 Å². The molecule has 0 bridgehead atoms. The van der Waals surface area contributed by atoms with Crippen molar-refractivity contribution in [3.8, 4) is 0 Å². The van der Waals surface area contributed by atoms with Crippen molar-refractivity contribution in [3.63, 3.8) is 0 Å². The van der Waals surface area contributed by atoms with Gasteiger partial charge in [-0.2, -0.15) is 0 Å². The molecular weight excluding hydrogens is 314 g/mol. The minimum atomic E-state index is -0.178. The third-order valence-corrected chi connectivity index (χ3v) is 5.54. The Bertz CT molecular complexity index is 596. The molecule has 0 fully saturated rings. The SMILES string of the molecule is CCC(CC)c1nnc(NC(=O)C(C)Sc2ccccc2)s1. The van der Waals surface area contributed by atoms with Gasteiger partial charge in [0.1, 0.15) is 5.01 Å². The Kier molecular flexibility index (Phi) is 6.39. The summed E-state index contributed by atoms with van der Waals surface area (Å²) >= 11 is 3.02. The average Bonchev–Trinajstić information content (AvgIpc) is 2.98. The third kappa shape index (κ3) is 4.55. The molecule has 0 aliphatic carbocycles. The number of anilines is 1. The molecule has 0 radical (unpaired) electrons. The third-order valence-electron chi connectivity index (χ3n) is 3.43. The monoisotopic (exact) mass is 335 g/mol. The van der Waals surface area contributed by atoms with Crippen LogP contribution >= 0.6 is 23.1 Å². The Morgan fingerprint density at radius 1 is 1.23 bits per heavy atom. The number of nitrogens with zero attached hydrogens (tertiary/aromatic N) is 2. The highest BCUT2D eigenvalue weighted by atomic mass is 32.2. The molecule has 0 spiro atoms. The number of benzene rings is 1. The zero-order valence-corrected chi connectivity index (χ0v) is 14.7. The number of amides is 1. The van der Waals surface area contributed by atoms with Crippen molar-refractivity contribution < 1.29 is 4.79 Å². The molecule has 6 heteroatoms. The molecule has 0 aliphatic heterocycles. The van der Waals surface area contributed by atoms with E-state index in [1.807, 2.05) is 37.3 Å². The van der Waals surface area contributed by atoms with E-state index in [0.29, 0.717) is 11.0 Å². The van der Waals surface area contributed by atoms with Crippen molar-refractivity contribution in [2.24, 2.45) is 0 Å². The van der Waals surface area contributed by atoms with E-state index in [2.05, 4.69) is 29.4 Å². The fourth-order valence-corrected chi connectivity index (χ4v) is 3.95. The minimum absolute atomic E-state index is 0.0406. The van der Waals surface area contributed by atoms with Gasteiger partial charge in [-0.3, -0.25) is 10.1 Å². The number of carbonyl (C=O) groups is 1. The lowest BCUT2D eigenvalue weighted by atomic mass is 10.1. The van der Waals surface area contributed by atoms with Crippen LogP contribution in [0.15, 0.2) is 35.2 Å². The normalized spacial score (nSPS) is 12.4. The number of nitrogens with one attached hydrogen (secondary N) is 1. The zero-order chi connectivity index (χ0) is 15.9. The Hall–Kier alpha value is -1.40. The largest absolute Gasteiger partial charge is 0.300 e. The molecule has 1 aromatic heterocycles. The molecule has 22 heavy (non-hydrogen) atoms.